The number of carbonyl (C=O) groups is 1. The third-order valence-corrected chi connectivity index (χ3v) is 4.18. The summed E-state index contributed by atoms with van der Waals surface area (Å²) in [6.45, 7) is 11.7. The molecule has 5 heteroatoms. The first-order valence-corrected chi connectivity index (χ1v) is 8.33. The Morgan fingerprint density at radius 1 is 1.42 bits per heavy atom. The summed E-state index contributed by atoms with van der Waals surface area (Å²) >= 11 is 0. The molecule has 130 valence electrons. The summed E-state index contributed by atoms with van der Waals surface area (Å²) in [5, 5.41) is 3.05. The largest absolute Gasteiger partial charge is 0.367 e. The third-order valence-electron chi connectivity index (χ3n) is 4.18. The number of rotatable bonds is 6. The van der Waals surface area contributed by atoms with Crippen LogP contribution in [-0.4, -0.2) is 43.2 Å². The van der Waals surface area contributed by atoms with E-state index in [1.807, 2.05) is 17.9 Å². The van der Waals surface area contributed by atoms with Crippen molar-refractivity contribution < 1.29 is 9.18 Å². The van der Waals surface area contributed by atoms with E-state index in [1.54, 1.807) is 23.1 Å². The van der Waals surface area contributed by atoms with E-state index in [4.69, 9.17) is 0 Å². The Balaban J connectivity index is 2.02. The number of anilines is 1. The highest BCUT2D eigenvalue weighted by atomic mass is 19.1. The lowest BCUT2D eigenvalue weighted by molar-refractivity contribution is 0.202. The van der Waals surface area contributed by atoms with E-state index in [1.165, 1.54) is 6.07 Å². The van der Waals surface area contributed by atoms with Crippen LogP contribution in [0.3, 0.4) is 0 Å². The molecule has 0 aromatic heterocycles. The molecule has 24 heavy (non-hydrogen) atoms. The van der Waals surface area contributed by atoms with Gasteiger partial charge in [0.25, 0.3) is 0 Å². The van der Waals surface area contributed by atoms with Gasteiger partial charge >= 0.3 is 6.03 Å². The molecule has 1 aliphatic heterocycles. The molecule has 1 aliphatic rings. The molecule has 2 rings (SSSR count). The molecule has 0 spiro atoms. The molecule has 1 unspecified atom stereocenters. The van der Waals surface area contributed by atoms with Crippen LogP contribution in [0.25, 0.3) is 0 Å². The van der Waals surface area contributed by atoms with Gasteiger partial charge in [0.2, 0.25) is 0 Å². The lowest BCUT2D eigenvalue weighted by Crippen LogP contribution is -2.51. The number of hydrogen-bond donors (Lipinski definition) is 1. The molecule has 4 nitrogen and oxygen atoms in total. The zero-order valence-corrected chi connectivity index (χ0v) is 14.3. The Morgan fingerprint density at radius 3 is 2.79 bits per heavy atom. The second kappa shape index (κ2) is 8.52. The molecule has 0 radical (unpaired) electrons. The van der Waals surface area contributed by atoms with Crippen LogP contribution in [0.4, 0.5) is 14.9 Å². The zero-order valence-electron chi connectivity index (χ0n) is 14.3. The van der Waals surface area contributed by atoms with Crippen molar-refractivity contribution in [1.29, 1.82) is 0 Å². The fourth-order valence-electron chi connectivity index (χ4n) is 3.00. The predicted octanol–water partition coefficient (Wildman–Crippen LogP) is 3.49. The van der Waals surface area contributed by atoms with Gasteiger partial charge in [0.1, 0.15) is 5.82 Å². The Kier molecular flexibility index (Phi) is 6.41. The number of amides is 2. The highest BCUT2D eigenvalue weighted by Crippen LogP contribution is 2.24. The first kappa shape index (κ1) is 18.0. The maximum absolute atomic E-state index is 14.1. The quantitative estimate of drug-likeness (QED) is 0.810. The number of nitrogens with one attached hydrogen (secondary N) is 1. The van der Waals surface area contributed by atoms with Crippen LogP contribution in [0, 0.1) is 12.7 Å². The van der Waals surface area contributed by atoms with E-state index >= 15 is 0 Å². The van der Waals surface area contributed by atoms with Crippen molar-refractivity contribution in [2.75, 3.05) is 31.1 Å². The minimum atomic E-state index is -0.215. The second-order valence-corrected chi connectivity index (χ2v) is 6.17. The Hall–Kier alpha value is -2.30. The topological polar surface area (TPSA) is 35.6 Å². The maximum Gasteiger partial charge on any atom is 0.318 e. The predicted molar refractivity (Wildman–Crippen MR) is 96.9 cm³/mol. The van der Waals surface area contributed by atoms with Crippen LogP contribution in [0.5, 0.6) is 0 Å². The lowest BCUT2D eigenvalue weighted by Gasteiger charge is -2.36. The maximum atomic E-state index is 14.1. The number of hydrogen-bond acceptors (Lipinski definition) is 2. The number of halogens is 1. The van der Waals surface area contributed by atoms with E-state index in [0.29, 0.717) is 25.3 Å². The number of carbonyl (C=O) groups excluding carboxylic acids is 1. The van der Waals surface area contributed by atoms with Gasteiger partial charge in [-0.25, -0.2) is 9.18 Å². The fraction of sp³-hybridized carbons (Fsp3) is 0.421. The van der Waals surface area contributed by atoms with Crippen LogP contribution in [0.1, 0.15) is 18.4 Å². The van der Waals surface area contributed by atoms with E-state index in [0.717, 1.165) is 24.9 Å². The van der Waals surface area contributed by atoms with Gasteiger partial charge in [-0.15, -0.1) is 13.2 Å². The van der Waals surface area contributed by atoms with Crippen LogP contribution < -0.4 is 10.2 Å². The Labute approximate surface area is 143 Å². The van der Waals surface area contributed by atoms with Gasteiger partial charge in [0, 0.05) is 32.2 Å². The van der Waals surface area contributed by atoms with Crippen LogP contribution >= 0.6 is 0 Å². The molecule has 1 N–H and O–H groups in total. The molecular weight excluding hydrogens is 305 g/mol. The molecule has 1 atom stereocenters. The van der Waals surface area contributed by atoms with Gasteiger partial charge in [0.15, 0.2) is 0 Å². The summed E-state index contributed by atoms with van der Waals surface area (Å²) in [5.74, 6) is -0.215. The monoisotopic (exact) mass is 331 g/mol. The zero-order chi connectivity index (χ0) is 17.5. The first-order chi connectivity index (χ1) is 11.5. The van der Waals surface area contributed by atoms with Gasteiger partial charge in [-0.3, -0.25) is 0 Å². The molecule has 2 amide bonds. The lowest BCUT2D eigenvalue weighted by atomic mass is 10.0. The molecule has 1 aromatic carbocycles. The van der Waals surface area contributed by atoms with Gasteiger partial charge in [-0.2, -0.15) is 0 Å². The Bertz CT molecular complexity index is 592. The Morgan fingerprint density at radius 2 is 2.12 bits per heavy atom. The SMILES string of the molecule is C=CCN(CC=C)C(=O)NC1CCCN(c2cc(C)ccc2F)C1. The molecular formula is C19H26FN3O. The summed E-state index contributed by atoms with van der Waals surface area (Å²) in [6.07, 6.45) is 5.20. The summed E-state index contributed by atoms with van der Waals surface area (Å²) in [7, 11) is 0. The third kappa shape index (κ3) is 4.60. The normalized spacial score (nSPS) is 17.2. The van der Waals surface area contributed by atoms with E-state index in [9.17, 15) is 9.18 Å². The van der Waals surface area contributed by atoms with Crippen molar-refractivity contribution in [3.8, 4) is 0 Å². The number of nitrogens with zero attached hydrogens (tertiary/aromatic N) is 2. The minimum Gasteiger partial charge on any atom is -0.367 e. The van der Waals surface area contributed by atoms with Crippen molar-refractivity contribution in [2.24, 2.45) is 0 Å². The molecule has 0 saturated carbocycles. The van der Waals surface area contributed by atoms with E-state index < -0.39 is 0 Å². The van der Waals surface area contributed by atoms with Gasteiger partial charge < -0.3 is 15.1 Å². The molecule has 0 aliphatic carbocycles. The molecule has 0 bridgehead atoms. The minimum absolute atomic E-state index is 0.00305. The number of aryl methyl sites for hydroxylation is 1. The van der Waals surface area contributed by atoms with Crippen molar-refractivity contribution in [3.63, 3.8) is 0 Å². The van der Waals surface area contributed by atoms with Gasteiger partial charge in [-0.1, -0.05) is 18.2 Å². The molecule has 1 saturated heterocycles. The van der Waals surface area contributed by atoms with Crippen LogP contribution in [-0.2, 0) is 0 Å². The van der Waals surface area contributed by atoms with Gasteiger partial charge in [0.05, 0.1) is 5.69 Å². The highest BCUT2D eigenvalue weighted by molar-refractivity contribution is 5.75. The van der Waals surface area contributed by atoms with Crippen molar-refractivity contribution in [1.82, 2.24) is 10.2 Å². The average molecular weight is 331 g/mol. The highest BCUT2D eigenvalue weighted by Gasteiger charge is 2.24. The summed E-state index contributed by atoms with van der Waals surface area (Å²) in [5.41, 5.74) is 1.64. The summed E-state index contributed by atoms with van der Waals surface area (Å²) in [4.78, 5) is 16.0. The smallest absolute Gasteiger partial charge is 0.318 e. The van der Waals surface area contributed by atoms with E-state index in [2.05, 4.69) is 18.5 Å². The molecule has 1 fully saturated rings. The van der Waals surface area contributed by atoms with E-state index in [-0.39, 0.29) is 17.9 Å². The van der Waals surface area contributed by atoms with Crippen molar-refractivity contribution >= 4 is 11.7 Å². The first-order valence-electron chi connectivity index (χ1n) is 8.33. The van der Waals surface area contributed by atoms with Crippen LogP contribution in [0.2, 0.25) is 0 Å². The van der Waals surface area contributed by atoms with Gasteiger partial charge in [-0.05, 0) is 37.5 Å². The number of piperidine rings is 1. The van der Waals surface area contributed by atoms with Crippen molar-refractivity contribution in [3.05, 3.63) is 54.9 Å². The summed E-state index contributed by atoms with van der Waals surface area (Å²) in [6, 6.07) is 5.00. The molecule has 1 aromatic rings. The fourth-order valence-corrected chi connectivity index (χ4v) is 3.00. The summed E-state index contributed by atoms with van der Waals surface area (Å²) < 4.78 is 14.1. The van der Waals surface area contributed by atoms with Crippen molar-refractivity contribution in [2.45, 2.75) is 25.8 Å². The number of urea groups is 1. The number of benzene rings is 1. The van der Waals surface area contributed by atoms with Crippen LogP contribution in [0.15, 0.2) is 43.5 Å². The second-order valence-electron chi connectivity index (χ2n) is 6.17. The standard InChI is InChI=1S/C19H26FN3O/c1-4-10-22(11-5-2)19(24)21-16-7-6-12-23(14-16)18-13-15(3)8-9-17(18)20/h4-5,8-9,13,16H,1-2,6-7,10-12,14H2,3H3,(H,21,24). The average Bonchev–Trinajstić information content (AvgIpc) is 2.57. The molecule has 1 heterocycles.